The van der Waals surface area contributed by atoms with Gasteiger partial charge in [-0.25, -0.2) is 9.59 Å². The van der Waals surface area contributed by atoms with Gasteiger partial charge in [0.2, 0.25) is 0 Å². The van der Waals surface area contributed by atoms with Crippen molar-refractivity contribution in [2.24, 2.45) is 0 Å². The number of carbonyl (C=O) groups excluding carboxylic acids is 3. The fraction of sp³-hybridized carbons (Fsp3) is 0.158. The van der Waals surface area contributed by atoms with Gasteiger partial charge in [-0.15, -0.1) is 0 Å². The highest BCUT2D eigenvalue weighted by atomic mass is 16.6. The summed E-state index contributed by atoms with van der Waals surface area (Å²) in [6.07, 6.45) is 0. The number of carbonyl (C=O) groups is 3. The van der Waals surface area contributed by atoms with Crippen LogP contribution in [-0.4, -0.2) is 38.2 Å². The molecule has 0 aliphatic heterocycles. The zero-order valence-corrected chi connectivity index (χ0v) is 14.4. The number of hydrogen-bond donors (Lipinski definition) is 1. The molecule has 0 saturated carbocycles. The number of methoxy groups -OCH3 is 1. The van der Waals surface area contributed by atoms with Gasteiger partial charge in [-0.3, -0.25) is 4.79 Å². The van der Waals surface area contributed by atoms with Crippen molar-refractivity contribution in [3.05, 3.63) is 59.7 Å². The van der Waals surface area contributed by atoms with Gasteiger partial charge in [0.05, 0.1) is 18.2 Å². The van der Waals surface area contributed by atoms with Crippen LogP contribution in [0.3, 0.4) is 0 Å². The summed E-state index contributed by atoms with van der Waals surface area (Å²) in [6, 6.07) is 14.4. The smallest absolute Gasteiger partial charge is 0.344 e. The summed E-state index contributed by atoms with van der Waals surface area (Å²) >= 11 is 0. The third kappa shape index (κ3) is 5.86. The highest BCUT2D eigenvalue weighted by molar-refractivity contribution is 5.94. The van der Waals surface area contributed by atoms with Gasteiger partial charge in [-0.05, 0) is 36.4 Å². The molecule has 0 fully saturated rings. The molecule has 0 bridgehead atoms. The Morgan fingerprint density at radius 1 is 1.04 bits per heavy atom. The molecule has 2 rings (SSSR count). The SMILES string of the molecule is COC(=O)c1ccc(NC(=O)COC(=O)COc2ccccc2C#N)cc1. The number of anilines is 1. The molecule has 8 nitrogen and oxygen atoms in total. The average Bonchev–Trinajstić information content (AvgIpc) is 2.70. The van der Waals surface area contributed by atoms with Gasteiger partial charge < -0.3 is 19.5 Å². The van der Waals surface area contributed by atoms with Crippen LogP contribution >= 0.6 is 0 Å². The molecule has 138 valence electrons. The fourth-order valence-electron chi connectivity index (χ4n) is 2.01. The molecule has 0 saturated heterocycles. The van der Waals surface area contributed by atoms with Gasteiger partial charge in [0.1, 0.15) is 11.8 Å². The molecule has 1 N–H and O–H groups in total. The van der Waals surface area contributed by atoms with Crippen molar-refractivity contribution in [3.8, 4) is 11.8 Å². The maximum atomic E-state index is 11.8. The van der Waals surface area contributed by atoms with E-state index in [1.807, 2.05) is 6.07 Å². The van der Waals surface area contributed by atoms with Gasteiger partial charge in [0.15, 0.2) is 13.2 Å². The van der Waals surface area contributed by atoms with E-state index in [1.165, 1.54) is 31.4 Å². The number of nitrogens with zero attached hydrogens (tertiary/aromatic N) is 1. The number of nitriles is 1. The first-order valence-corrected chi connectivity index (χ1v) is 7.79. The van der Waals surface area contributed by atoms with Crippen molar-refractivity contribution < 1.29 is 28.6 Å². The van der Waals surface area contributed by atoms with Crippen molar-refractivity contribution in [3.63, 3.8) is 0 Å². The molecule has 27 heavy (non-hydrogen) atoms. The van der Waals surface area contributed by atoms with E-state index in [0.29, 0.717) is 16.8 Å². The van der Waals surface area contributed by atoms with Crippen LogP contribution in [0.25, 0.3) is 0 Å². The van der Waals surface area contributed by atoms with Crippen molar-refractivity contribution in [2.45, 2.75) is 0 Å². The van der Waals surface area contributed by atoms with E-state index in [0.717, 1.165) is 0 Å². The second kappa shape index (κ2) is 9.58. The summed E-state index contributed by atoms with van der Waals surface area (Å²) in [5, 5.41) is 11.5. The van der Waals surface area contributed by atoms with Crippen LogP contribution in [0.2, 0.25) is 0 Å². The van der Waals surface area contributed by atoms with Crippen molar-refractivity contribution >= 4 is 23.5 Å². The molecule has 8 heteroatoms. The van der Waals surface area contributed by atoms with Gasteiger partial charge in [-0.1, -0.05) is 12.1 Å². The van der Waals surface area contributed by atoms with Crippen LogP contribution < -0.4 is 10.1 Å². The van der Waals surface area contributed by atoms with E-state index < -0.39 is 31.1 Å². The molecule has 0 heterocycles. The minimum atomic E-state index is -0.751. The van der Waals surface area contributed by atoms with Crippen LogP contribution in [-0.2, 0) is 19.1 Å². The Kier molecular flexibility index (Phi) is 6.91. The second-order valence-electron chi connectivity index (χ2n) is 5.17. The largest absolute Gasteiger partial charge is 0.481 e. The number of nitrogens with one attached hydrogen (secondary N) is 1. The van der Waals surface area contributed by atoms with Crippen LogP contribution in [0, 0.1) is 11.3 Å². The Bertz CT molecular complexity index is 871. The van der Waals surface area contributed by atoms with Crippen molar-refractivity contribution in [1.82, 2.24) is 0 Å². The Morgan fingerprint density at radius 2 is 1.74 bits per heavy atom. The van der Waals surface area contributed by atoms with Crippen LogP contribution in [0.5, 0.6) is 5.75 Å². The summed E-state index contributed by atoms with van der Waals surface area (Å²) in [5.74, 6) is -1.53. The molecule has 0 atom stereocenters. The Morgan fingerprint density at radius 3 is 2.41 bits per heavy atom. The molecule has 0 spiro atoms. The molecule has 2 aromatic rings. The van der Waals surface area contributed by atoms with Crippen LogP contribution in [0.15, 0.2) is 48.5 Å². The third-order valence-corrected chi connectivity index (χ3v) is 3.31. The van der Waals surface area contributed by atoms with Gasteiger partial charge in [0.25, 0.3) is 5.91 Å². The zero-order chi connectivity index (χ0) is 19.6. The maximum absolute atomic E-state index is 11.8. The highest BCUT2D eigenvalue weighted by Gasteiger charge is 2.11. The number of ether oxygens (including phenoxy) is 3. The minimum Gasteiger partial charge on any atom is -0.481 e. The predicted octanol–water partition coefficient (Wildman–Crippen LogP) is 1.91. The number of para-hydroxylation sites is 1. The first-order valence-electron chi connectivity index (χ1n) is 7.79. The van der Waals surface area contributed by atoms with E-state index in [1.54, 1.807) is 24.3 Å². The van der Waals surface area contributed by atoms with E-state index in [-0.39, 0.29) is 5.75 Å². The Hall–Kier alpha value is -3.86. The first kappa shape index (κ1) is 19.5. The fourth-order valence-corrected chi connectivity index (χ4v) is 2.01. The lowest BCUT2D eigenvalue weighted by Crippen LogP contribution is -2.23. The lowest BCUT2D eigenvalue weighted by molar-refractivity contribution is -0.149. The summed E-state index contributed by atoms with van der Waals surface area (Å²) in [5.41, 5.74) is 1.07. The molecular formula is C19H16N2O6. The normalized spacial score (nSPS) is 9.63. The zero-order valence-electron chi connectivity index (χ0n) is 14.4. The van der Waals surface area contributed by atoms with Crippen molar-refractivity contribution in [1.29, 1.82) is 5.26 Å². The maximum Gasteiger partial charge on any atom is 0.344 e. The monoisotopic (exact) mass is 368 g/mol. The molecule has 0 radical (unpaired) electrons. The van der Waals surface area contributed by atoms with Gasteiger partial charge in [0, 0.05) is 5.69 Å². The number of hydrogen-bond acceptors (Lipinski definition) is 7. The van der Waals surface area contributed by atoms with Crippen LogP contribution in [0.1, 0.15) is 15.9 Å². The second-order valence-corrected chi connectivity index (χ2v) is 5.17. The topological polar surface area (TPSA) is 115 Å². The van der Waals surface area contributed by atoms with E-state index in [2.05, 4.69) is 10.1 Å². The molecule has 0 aromatic heterocycles. The first-order chi connectivity index (χ1) is 13.0. The molecule has 0 aliphatic rings. The Balaban J connectivity index is 1.77. The molecular weight excluding hydrogens is 352 g/mol. The van der Waals surface area contributed by atoms with Gasteiger partial charge in [-0.2, -0.15) is 5.26 Å². The quantitative estimate of drug-likeness (QED) is 0.742. The average molecular weight is 368 g/mol. The van der Waals surface area contributed by atoms with E-state index >= 15 is 0 Å². The van der Waals surface area contributed by atoms with Crippen molar-refractivity contribution in [2.75, 3.05) is 25.6 Å². The molecule has 0 aliphatic carbocycles. The lowest BCUT2D eigenvalue weighted by Gasteiger charge is -2.09. The molecule has 2 aromatic carbocycles. The van der Waals surface area contributed by atoms with Crippen LogP contribution in [0.4, 0.5) is 5.69 Å². The molecule has 0 unspecified atom stereocenters. The van der Waals surface area contributed by atoms with E-state index in [9.17, 15) is 14.4 Å². The summed E-state index contributed by atoms with van der Waals surface area (Å²) in [4.78, 5) is 34.8. The van der Waals surface area contributed by atoms with Gasteiger partial charge >= 0.3 is 11.9 Å². The third-order valence-electron chi connectivity index (χ3n) is 3.31. The number of rotatable bonds is 7. The number of benzene rings is 2. The highest BCUT2D eigenvalue weighted by Crippen LogP contribution is 2.16. The standard InChI is InChI=1S/C19H16N2O6/c1-25-19(24)13-6-8-15(9-7-13)21-17(22)11-27-18(23)12-26-16-5-3-2-4-14(16)10-20/h2-9H,11-12H2,1H3,(H,21,22). The Labute approximate surface area is 155 Å². The molecule has 1 amide bonds. The predicted molar refractivity (Wildman–Crippen MR) is 94.0 cm³/mol. The number of amides is 1. The lowest BCUT2D eigenvalue weighted by atomic mass is 10.2. The number of esters is 2. The van der Waals surface area contributed by atoms with E-state index in [4.69, 9.17) is 14.7 Å². The summed E-state index contributed by atoms with van der Waals surface area (Å²) < 4.78 is 14.6. The summed E-state index contributed by atoms with van der Waals surface area (Å²) in [7, 11) is 1.27. The summed E-state index contributed by atoms with van der Waals surface area (Å²) in [6.45, 7) is -0.930. The minimum absolute atomic E-state index is 0.257.